The zero-order chi connectivity index (χ0) is 14.2. The van der Waals surface area contributed by atoms with Gasteiger partial charge in [0, 0.05) is 7.11 Å². The Morgan fingerprint density at radius 3 is 1.94 bits per heavy atom. The number of methoxy groups -OCH3 is 2. The molecule has 7 heteroatoms. The molecule has 6 nitrogen and oxygen atoms in total. The lowest BCUT2D eigenvalue weighted by Gasteiger charge is -2.12. The van der Waals surface area contributed by atoms with Crippen molar-refractivity contribution in [2.24, 2.45) is 0 Å². The van der Waals surface area contributed by atoms with E-state index in [1.807, 2.05) is 24.3 Å². The van der Waals surface area contributed by atoms with Gasteiger partial charge in [-0.25, -0.2) is 0 Å². The molecule has 0 aliphatic carbocycles. The SMILES string of the molecule is COc1ccc(C(CO)OC)cc1.CS(=O)(=O)O. The Bertz CT molecular complexity index is 413. The van der Waals surface area contributed by atoms with Crippen molar-refractivity contribution in [2.45, 2.75) is 6.10 Å². The molecule has 1 aromatic carbocycles. The van der Waals surface area contributed by atoms with Crippen LogP contribution >= 0.6 is 0 Å². The Kier molecular flexibility index (Phi) is 7.53. The van der Waals surface area contributed by atoms with E-state index in [1.165, 1.54) is 0 Å². The third-order valence-corrected chi connectivity index (χ3v) is 1.94. The topological polar surface area (TPSA) is 93.1 Å². The van der Waals surface area contributed by atoms with E-state index in [1.54, 1.807) is 14.2 Å². The van der Waals surface area contributed by atoms with Crippen LogP contribution < -0.4 is 4.74 Å². The minimum absolute atomic E-state index is 0.0111. The zero-order valence-electron chi connectivity index (χ0n) is 10.5. The maximum absolute atomic E-state index is 9.19. The molecule has 1 unspecified atom stereocenters. The molecule has 0 amide bonds. The lowest BCUT2D eigenvalue weighted by molar-refractivity contribution is 0.0484. The second kappa shape index (κ2) is 8.04. The van der Waals surface area contributed by atoms with E-state index in [0.29, 0.717) is 6.26 Å². The molecular weight excluding hydrogens is 260 g/mol. The molecule has 18 heavy (non-hydrogen) atoms. The molecule has 0 saturated heterocycles. The molecule has 1 rings (SSSR count). The van der Waals surface area contributed by atoms with E-state index in [9.17, 15) is 8.42 Å². The first-order valence-corrected chi connectivity index (χ1v) is 6.86. The summed E-state index contributed by atoms with van der Waals surface area (Å²) in [4.78, 5) is 0. The summed E-state index contributed by atoms with van der Waals surface area (Å²) in [6.07, 6.45) is 0.471. The standard InChI is InChI=1S/C10H14O3.CH4O3S/c1-12-9-5-3-8(4-6-9)10(7-11)13-2;1-5(2,3)4/h3-6,10-11H,7H2,1-2H3;1H3,(H,2,3,4). The predicted octanol–water partition coefficient (Wildman–Crippen LogP) is 0.879. The van der Waals surface area contributed by atoms with Crippen molar-refractivity contribution in [2.75, 3.05) is 27.1 Å². The molecule has 0 saturated carbocycles. The fourth-order valence-corrected chi connectivity index (χ4v) is 1.13. The van der Waals surface area contributed by atoms with Crippen molar-refractivity contribution in [1.29, 1.82) is 0 Å². The first-order valence-electron chi connectivity index (χ1n) is 5.01. The highest BCUT2D eigenvalue weighted by molar-refractivity contribution is 7.85. The Morgan fingerprint density at radius 1 is 1.22 bits per heavy atom. The summed E-state index contributed by atoms with van der Waals surface area (Å²) in [6, 6.07) is 7.44. The minimum atomic E-state index is -3.67. The van der Waals surface area contributed by atoms with Crippen molar-refractivity contribution in [3.8, 4) is 5.75 Å². The summed E-state index contributed by atoms with van der Waals surface area (Å²) in [5, 5.41) is 8.95. The van der Waals surface area contributed by atoms with E-state index in [0.717, 1.165) is 11.3 Å². The number of aliphatic hydroxyl groups is 1. The normalized spacial score (nSPS) is 12.3. The summed E-state index contributed by atoms with van der Waals surface area (Å²) >= 11 is 0. The van der Waals surface area contributed by atoms with Crippen LogP contribution in [0.3, 0.4) is 0 Å². The van der Waals surface area contributed by atoms with Crippen LogP contribution in [0.15, 0.2) is 24.3 Å². The summed E-state index contributed by atoms with van der Waals surface area (Å²) < 4.78 is 35.9. The summed E-state index contributed by atoms with van der Waals surface area (Å²) in [5.41, 5.74) is 0.950. The van der Waals surface area contributed by atoms with E-state index in [-0.39, 0.29) is 12.7 Å². The van der Waals surface area contributed by atoms with Crippen LogP contribution in [0.5, 0.6) is 5.75 Å². The largest absolute Gasteiger partial charge is 0.497 e. The predicted molar refractivity (Wildman–Crippen MR) is 67.3 cm³/mol. The number of rotatable bonds is 4. The Labute approximate surface area is 107 Å². The van der Waals surface area contributed by atoms with E-state index >= 15 is 0 Å². The highest BCUT2D eigenvalue weighted by atomic mass is 32.2. The van der Waals surface area contributed by atoms with Crippen LogP contribution in [0, 0.1) is 0 Å². The van der Waals surface area contributed by atoms with Gasteiger partial charge in [0.15, 0.2) is 0 Å². The lowest BCUT2D eigenvalue weighted by Crippen LogP contribution is -2.05. The highest BCUT2D eigenvalue weighted by Crippen LogP contribution is 2.19. The number of ether oxygens (including phenoxy) is 2. The molecule has 0 radical (unpaired) electrons. The van der Waals surface area contributed by atoms with Gasteiger partial charge < -0.3 is 14.6 Å². The van der Waals surface area contributed by atoms with Gasteiger partial charge in [-0.2, -0.15) is 8.42 Å². The van der Waals surface area contributed by atoms with Crippen LogP contribution in [0.1, 0.15) is 11.7 Å². The molecule has 1 aromatic rings. The molecule has 0 aliphatic rings. The maximum Gasteiger partial charge on any atom is 0.261 e. The van der Waals surface area contributed by atoms with E-state index in [4.69, 9.17) is 19.1 Å². The van der Waals surface area contributed by atoms with Crippen LogP contribution in [0.2, 0.25) is 0 Å². The molecule has 0 bridgehead atoms. The number of hydrogen-bond donors (Lipinski definition) is 2. The monoisotopic (exact) mass is 278 g/mol. The second-order valence-electron chi connectivity index (χ2n) is 3.41. The molecule has 104 valence electrons. The van der Waals surface area contributed by atoms with E-state index < -0.39 is 10.1 Å². The van der Waals surface area contributed by atoms with Crippen molar-refractivity contribution in [3.63, 3.8) is 0 Å². The lowest BCUT2D eigenvalue weighted by atomic mass is 10.1. The van der Waals surface area contributed by atoms with Gasteiger partial charge in [0.05, 0.1) is 20.0 Å². The Hall–Kier alpha value is -1.15. The number of hydrogen-bond acceptors (Lipinski definition) is 5. The van der Waals surface area contributed by atoms with Gasteiger partial charge in [0.2, 0.25) is 0 Å². The van der Waals surface area contributed by atoms with Gasteiger partial charge in [-0.1, -0.05) is 12.1 Å². The molecule has 2 N–H and O–H groups in total. The number of benzene rings is 1. The Morgan fingerprint density at radius 2 is 1.67 bits per heavy atom. The molecule has 0 aromatic heterocycles. The fraction of sp³-hybridized carbons (Fsp3) is 0.455. The summed E-state index contributed by atoms with van der Waals surface area (Å²) in [7, 11) is -0.472. The zero-order valence-corrected chi connectivity index (χ0v) is 11.3. The van der Waals surface area contributed by atoms with Crippen molar-refractivity contribution in [3.05, 3.63) is 29.8 Å². The van der Waals surface area contributed by atoms with Crippen LogP contribution in [-0.4, -0.2) is 45.2 Å². The second-order valence-corrected chi connectivity index (χ2v) is 4.88. The quantitative estimate of drug-likeness (QED) is 0.794. The maximum atomic E-state index is 9.19. The molecule has 0 heterocycles. The summed E-state index contributed by atoms with van der Waals surface area (Å²) in [5.74, 6) is 0.802. The van der Waals surface area contributed by atoms with Crippen molar-refractivity contribution < 1.29 is 27.6 Å². The van der Waals surface area contributed by atoms with Gasteiger partial charge in [-0.05, 0) is 17.7 Å². The third-order valence-electron chi connectivity index (χ3n) is 1.94. The summed E-state index contributed by atoms with van der Waals surface area (Å²) in [6.45, 7) is -0.0111. The molecule has 0 fully saturated rings. The average molecular weight is 278 g/mol. The van der Waals surface area contributed by atoms with Crippen molar-refractivity contribution in [1.82, 2.24) is 0 Å². The molecular formula is C11H18O6S. The molecule has 1 atom stereocenters. The minimum Gasteiger partial charge on any atom is -0.497 e. The van der Waals surface area contributed by atoms with Crippen LogP contribution in [0.4, 0.5) is 0 Å². The molecule has 0 aliphatic heterocycles. The third kappa shape index (κ3) is 8.02. The smallest absolute Gasteiger partial charge is 0.261 e. The van der Waals surface area contributed by atoms with Gasteiger partial charge in [-0.15, -0.1) is 0 Å². The fourth-order valence-electron chi connectivity index (χ4n) is 1.13. The van der Waals surface area contributed by atoms with Gasteiger partial charge in [0.1, 0.15) is 11.9 Å². The van der Waals surface area contributed by atoms with Crippen molar-refractivity contribution >= 4 is 10.1 Å². The first kappa shape index (κ1) is 16.9. The van der Waals surface area contributed by atoms with E-state index in [2.05, 4.69) is 0 Å². The average Bonchev–Trinajstić information content (AvgIpc) is 2.29. The molecule has 0 spiro atoms. The van der Waals surface area contributed by atoms with Gasteiger partial charge in [-0.3, -0.25) is 4.55 Å². The highest BCUT2D eigenvalue weighted by Gasteiger charge is 2.07. The number of aliphatic hydroxyl groups excluding tert-OH is 1. The van der Waals surface area contributed by atoms with Crippen LogP contribution in [0.25, 0.3) is 0 Å². The Balaban J connectivity index is 0.000000494. The van der Waals surface area contributed by atoms with Gasteiger partial charge >= 0.3 is 0 Å². The van der Waals surface area contributed by atoms with Crippen LogP contribution in [-0.2, 0) is 14.9 Å². The first-order chi connectivity index (χ1) is 8.31. The van der Waals surface area contributed by atoms with Gasteiger partial charge in [0.25, 0.3) is 10.1 Å².